The normalized spacial score (nSPS) is 13.9. The van der Waals surface area contributed by atoms with Crippen molar-refractivity contribution in [2.45, 2.75) is 51.2 Å². The number of hydrogen-bond acceptors (Lipinski definition) is 3. The van der Waals surface area contributed by atoms with Crippen LogP contribution in [-0.4, -0.2) is 25.2 Å². The molecule has 2 aromatic rings. The number of nitrogens with one attached hydrogen (secondary N) is 1. The Morgan fingerprint density at radius 2 is 1.52 bits per heavy atom. The molecule has 0 aliphatic carbocycles. The molecule has 0 fully saturated rings. The Morgan fingerprint density at radius 1 is 1.04 bits per heavy atom. The molecule has 0 aliphatic heterocycles. The van der Waals surface area contributed by atoms with E-state index < -0.39 is 5.41 Å². The maximum atomic E-state index is 11.8. The highest BCUT2D eigenvalue weighted by Crippen LogP contribution is 2.42. The minimum atomic E-state index is -0.397. The van der Waals surface area contributed by atoms with Crippen molar-refractivity contribution in [2.24, 2.45) is 0 Å². The minimum Gasteiger partial charge on any atom is -0.461 e. The molecular formula is C22H29NO2. The van der Waals surface area contributed by atoms with E-state index in [2.05, 4.69) is 67.7 Å². The van der Waals surface area contributed by atoms with E-state index in [-0.39, 0.29) is 18.1 Å². The van der Waals surface area contributed by atoms with Gasteiger partial charge in [0, 0.05) is 13.0 Å². The van der Waals surface area contributed by atoms with E-state index in [9.17, 15) is 4.79 Å². The summed E-state index contributed by atoms with van der Waals surface area (Å²) in [4.78, 5) is 11.8. The van der Waals surface area contributed by atoms with E-state index in [1.165, 1.54) is 18.1 Å². The molecular weight excluding hydrogens is 310 g/mol. The van der Waals surface area contributed by atoms with E-state index >= 15 is 0 Å². The molecule has 1 unspecified atom stereocenters. The van der Waals surface area contributed by atoms with Gasteiger partial charge in [-0.15, -0.1) is 0 Å². The van der Waals surface area contributed by atoms with Crippen LogP contribution in [0.25, 0.3) is 0 Å². The quantitative estimate of drug-likeness (QED) is 0.728. The Kier molecular flexibility index (Phi) is 6.77. The van der Waals surface area contributed by atoms with Gasteiger partial charge in [-0.1, -0.05) is 67.6 Å². The molecule has 0 radical (unpaired) electrons. The molecule has 0 heterocycles. The highest BCUT2D eigenvalue weighted by atomic mass is 16.5. The second-order valence-corrected chi connectivity index (χ2v) is 6.60. The first-order chi connectivity index (χ1) is 12.0. The summed E-state index contributed by atoms with van der Waals surface area (Å²) in [6.07, 6.45) is 1.36. The van der Waals surface area contributed by atoms with Crippen LogP contribution in [0.4, 0.5) is 0 Å². The second-order valence-electron chi connectivity index (χ2n) is 6.60. The van der Waals surface area contributed by atoms with Gasteiger partial charge >= 0.3 is 5.97 Å². The van der Waals surface area contributed by atoms with Crippen LogP contribution in [-0.2, 0) is 14.9 Å². The van der Waals surface area contributed by atoms with Gasteiger partial charge < -0.3 is 10.1 Å². The average molecular weight is 339 g/mol. The summed E-state index contributed by atoms with van der Waals surface area (Å²) in [6.45, 7) is 5.74. The number of rotatable bonds is 8. The van der Waals surface area contributed by atoms with Gasteiger partial charge in [0.05, 0.1) is 5.41 Å². The van der Waals surface area contributed by atoms with Crippen molar-refractivity contribution in [3.8, 4) is 0 Å². The first kappa shape index (κ1) is 19.2. The number of carbonyl (C=O) groups is 1. The molecule has 2 aromatic carbocycles. The standard InChI is InChI=1S/C22H29NO2/c1-5-21(25-18(3)24)22(16-17(2)23-4,19-12-8-6-9-13-19)20-14-10-7-11-15-20/h6-15,17,21,23H,5,16H2,1-4H3/t17-,21?/m0/s1. The molecule has 0 aromatic heterocycles. The Balaban J connectivity index is 2.70. The number of hydrogen-bond donors (Lipinski definition) is 1. The first-order valence-corrected chi connectivity index (χ1v) is 9.00. The highest BCUT2D eigenvalue weighted by molar-refractivity contribution is 5.66. The van der Waals surface area contributed by atoms with Gasteiger partial charge in [0.1, 0.15) is 6.10 Å². The van der Waals surface area contributed by atoms with Crippen molar-refractivity contribution in [2.75, 3.05) is 7.05 Å². The van der Waals surface area contributed by atoms with Gasteiger partial charge in [-0.25, -0.2) is 0 Å². The molecule has 2 atom stereocenters. The van der Waals surface area contributed by atoms with Crippen LogP contribution >= 0.6 is 0 Å². The van der Waals surface area contributed by atoms with Crippen molar-refractivity contribution in [3.63, 3.8) is 0 Å². The van der Waals surface area contributed by atoms with Crippen LogP contribution in [0.2, 0.25) is 0 Å². The zero-order chi connectivity index (χ0) is 18.3. The molecule has 25 heavy (non-hydrogen) atoms. The summed E-state index contributed by atoms with van der Waals surface area (Å²) in [5.74, 6) is -0.236. The average Bonchev–Trinajstić information content (AvgIpc) is 2.65. The minimum absolute atomic E-state index is 0.231. The molecule has 1 N–H and O–H groups in total. The Morgan fingerprint density at radius 3 is 1.88 bits per heavy atom. The lowest BCUT2D eigenvalue weighted by Crippen LogP contribution is -2.47. The molecule has 0 amide bonds. The Bertz CT molecular complexity index is 615. The van der Waals surface area contributed by atoms with E-state index in [1.54, 1.807) is 0 Å². The third-order valence-corrected chi connectivity index (χ3v) is 4.93. The number of esters is 1. The largest absolute Gasteiger partial charge is 0.461 e. The van der Waals surface area contributed by atoms with Crippen molar-refractivity contribution in [1.82, 2.24) is 5.32 Å². The van der Waals surface area contributed by atoms with Gasteiger partial charge in [0.25, 0.3) is 0 Å². The van der Waals surface area contributed by atoms with Crippen LogP contribution < -0.4 is 5.32 Å². The van der Waals surface area contributed by atoms with E-state index in [0.29, 0.717) is 0 Å². The summed E-state index contributed by atoms with van der Waals surface area (Å²) < 4.78 is 5.85. The fourth-order valence-electron chi connectivity index (χ4n) is 3.69. The van der Waals surface area contributed by atoms with E-state index in [0.717, 1.165) is 12.8 Å². The first-order valence-electron chi connectivity index (χ1n) is 9.00. The molecule has 2 rings (SSSR count). The molecule has 0 bridgehead atoms. The topological polar surface area (TPSA) is 38.3 Å². The summed E-state index contributed by atoms with van der Waals surface area (Å²) in [7, 11) is 1.97. The molecule has 0 aliphatic rings. The van der Waals surface area contributed by atoms with Gasteiger partial charge in [-0.3, -0.25) is 4.79 Å². The summed E-state index contributed by atoms with van der Waals surface area (Å²) in [5.41, 5.74) is 1.96. The second kappa shape index (κ2) is 8.82. The lowest BCUT2D eigenvalue weighted by Gasteiger charge is -2.42. The van der Waals surface area contributed by atoms with Crippen LogP contribution in [0.3, 0.4) is 0 Å². The smallest absolute Gasteiger partial charge is 0.302 e. The zero-order valence-corrected chi connectivity index (χ0v) is 15.7. The van der Waals surface area contributed by atoms with Gasteiger partial charge in [-0.05, 0) is 37.9 Å². The summed E-state index contributed by atoms with van der Waals surface area (Å²) in [6, 6.07) is 21.1. The monoisotopic (exact) mass is 339 g/mol. The molecule has 0 saturated heterocycles. The van der Waals surface area contributed by atoms with Crippen LogP contribution in [0, 0.1) is 0 Å². The predicted molar refractivity (Wildman–Crippen MR) is 103 cm³/mol. The van der Waals surface area contributed by atoms with Crippen LogP contribution in [0.1, 0.15) is 44.7 Å². The maximum Gasteiger partial charge on any atom is 0.302 e. The number of carbonyl (C=O) groups excluding carboxylic acids is 1. The fourth-order valence-corrected chi connectivity index (χ4v) is 3.69. The fraction of sp³-hybridized carbons (Fsp3) is 0.409. The summed E-state index contributed by atoms with van der Waals surface area (Å²) in [5, 5.41) is 3.35. The molecule has 3 nitrogen and oxygen atoms in total. The molecule has 3 heteroatoms. The predicted octanol–water partition coefficient (Wildman–Crippen LogP) is 4.31. The molecule has 134 valence electrons. The van der Waals surface area contributed by atoms with Crippen molar-refractivity contribution in [1.29, 1.82) is 0 Å². The van der Waals surface area contributed by atoms with Crippen molar-refractivity contribution in [3.05, 3.63) is 71.8 Å². The van der Waals surface area contributed by atoms with Gasteiger partial charge in [-0.2, -0.15) is 0 Å². The molecule has 0 saturated carbocycles. The highest BCUT2D eigenvalue weighted by Gasteiger charge is 2.44. The van der Waals surface area contributed by atoms with E-state index in [4.69, 9.17) is 4.74 Å². The molecule has 0 spiro atoms. The maximum absolute atomic E-state index is 11.8. The Hall–Kier alpha value is -2.13. The SMILES string of the molecule is CCC(OC(C)=O)C(C[C@H](C)NC)(c1ccccc1)c1ccccc1. The van der Waals surface area contributed by atoms with Crippen LogP contribution in [0.5, 0.6) is 0 Å². The van der Waals surface area contributed by atoms with Crippen molar-refractivity contribution < 1.29 is 9.53 Å². The zero-order valence-electron chi connectivity index (χ0n) is 15.7. The number of ether oxygens (including phenoxy) is 1. The van der Waals surface area contributed by atoms with Crippen LogP contribution in [0.15, 0.2) is 60.7 Å². The Labute approximate surface area is 151 Å². The van der Waals surface area contributed by atoms with Gasteiger partial charge in [0.15, 0.2) is 0 Å². The van der Waals surface area contributed by atoms with Crippen molar-refractivity contribution >= 4 is 5.97 Å². The lowest BCUT2D eigenvalue weighted by atomic mass is 9.66. The lowest BCUT2D eigenvalue weighted by molar-refractivity contribution is -0.149. The third kappa shape index (κ3) is 4.29. The van der Waals surface area contributed by atoms with Gasteiger partial charge in [0.2, 0.25) is 0 Å². The third-order valence-electron chi connectivity index (χ3n) is 4.93. The summed E-state index contributed by atoms with van der Waals surface area (Å²) >= 11 is 0. The number of benzene rings is 2. The van der Waals surface area contributed by atoms with E-state index in [1.807, 2.05) is 19.2 Å².